The second kappa shape index (κ2) is 3.18. The molecule has 13 heavy (non-hydrogen) atoms. The van der Waals surface area contributed by atoms with Crippen molar-refractivity contribution in [2.45, 2.75) is 20.0 Å². The van der Waals surface area contributed by atoms with E-state index >= 15 is 0 Å². The van der Waals surface area contributed by atoms with Gasteiger partial charge in [0.05, 0.1) is 5.69 Å². The second-order valence-corrected chi connectivity index (χ2v) is 2.99. The zero-order chi connectivity index (χ0) is 9.26. The minimum atomic E-state index is -0.0938. The number of nitrogens with one attached hydrogen (secondary N) is 3. The molecule has 0 aliphatic carbocycles. The van der Waals surface area contributed by atoms with E-state index in [1.165, 1.54) is 0 Å². The highest BCUT2D eigenvalue weighted by Crippen LogP contribution is 2.15. The molecule has 3 N–H and O–H groups in total. The fourth-order valence-electron chi connectivity index (χ4n) is 1.48. The maximum Gasteiger partial charge on any atom is 0.272 e. The fraction of sp³-hybridized carbons (Fsp3) is 0.500. The molecule has 1 aliphatic heterocycles. The van der Waals surface area contributed by atoms with E-state index in [1.54, 1.807) is 0 Å². The van der Waals surface area contributed by atoms with Gasteiger partial charge in [-0.3, -0.25) is 9.89 Å². The molecule has 0 aromatic carbocycles. The Bertz CT molecular complexity index is 331. The van der Waals surface area contributed by atoms with Crippen LogP contribution in [0, 0.1) is 0 Å². The number of nitrogens with zero attached hydrogens (tertiary/aromatic N) is 1. The normalized spacial score (nSPS) is 14.2. The van der Waals surface area contributed by atoms with Crippen LogP contribution in [-0.2, 0) is 13.1 Å². The van der Waals surface area contributed by atoms with Crippen LogP contribution in [0.3, 0.4) is 0 Å². The van der Waals surface area contributed by atoms with Gasteiger partial charge in [0.15, 0.2) is 5.69 Å². The van der Waals surface area contributed by atoms with Crippen molar-refractivity contribution >= 4 is 5.91 Å². The van der Waals surface area contributed by atoms with E-state index in [2.05, 4.69) is 20.8 Å². The Balaban J connectivity index is 2.26. The molecule has 1 aromatic rings. The van der Waals surface area contributed by atoms with Crippen molar-refractivity contribution < 1.29 is 4.79 Å². The molecular weight excluding hydrogens is 168 g/mol. The van der Waals surface area contributed by atoms with E-state index in [1.807, 2.05) is 6.92 Å². The quantitative estimate of drug-likeness (QED) is 0.588. The van der Waals surface area contributed by atoms with Crippen LogP contribution >= 0.6 is 0 Å². The predicted octanol–water partition coefficient (Wildman–Crippen LogP) is -0.237. The first-order chi connectivity index (χ1) is 6.33. The summed E-state index contributed by atoms with van der Waals surface area (Å²) in [6, 6.07) is 0. The lowest BCUT2D eigenvalue weighted by molar-refractivity contribution is 0.0950. The molecule has 0 saturated carbocycles. The Labute approximate surface area is 75.9 Å². The molecule has 0 saturated heterocycles. The molecule has 5 heteroatoms. The summed E-state index contributed by atoms with van der Waals surface area (Å²) in [6.07, 6.45) is 0. The molecule has 70 valence electrons. The predicted molar refractivity (Wildman–Crippen MR) is 47.1 cm³/mol. The number of aromatic amines is 1. The van der Waals surface area contributed by atoms with Crippen molar-refractivity contribution in [1.82, 2.24) is 20.8 Å². The van der Waals surface area contributed by atoms with Crippen LogP contribution in [0.25, 0.3) is 0 Å². The molecule has 1 aliphatic rings. The lowest BCUT2D eigenvalue weighted by Crippen LogP contribution is -2.24. The molecular formula is C8H12N4O. The lowest BCUT2D eigenvalue weighted by atomic mass is 10.2. The highest BCUT2D eigenvalue weighted by atomic mass is 16.1. The summed E-state index contributed by atoms with van der Waals surface area (Å²) >= 11 is 0. The van der Waals surface area contributed by atoms with Crippen molar-refractivity contribution in [2.75, 3.05) is 6.54 Å². The molecule has 1 aromatic heterocycles. The van der Waals surface area contributed by atoms with Crippen LogP contribution in [0.2, 0.25) is 0 Å². The highest BCUT2D eigenvalue weighted by Gasteiger charge is 2.21. The number of H-pyrrole nitrogens is 1. The van der Waals surface area contributed by atoms with Crippen molar-refractivity contribution in [1.29, 1.82) is 0 Å². The number of fused-ring (bicyclic) bond motifs is 1. The summed E-state index contributed by atoms with van der Waals surface area (Å²) in [6.45, 7) is 4.04. The van der Waals surface area contributed by atoms with E-state index < -0.39 is 0 Å². The molecule has 0 unspecified atom stereocenters. The van der Waals surface area contributed by atoms with Crippen molar-refractivity contribution in [3.8, 4) is 0 Å². The first kappa shape index (κ1) is 8.25. The van der Waals surface area contributed by atoms with E-state index in [-0.39, 0.29) is 5.91 Å². The number of amides is 1. The number of hydrogen-bond acceptors (Lipinski definition) is 3. The Kier molecular flexibility index (Phi) is 2.02. The van der Waals surface area contributed by atoms with Gasteiger partial charge in [0.25, 0.3) is 5.91 Å². The van der Waals surface area contributed by atoms with Crippen LogP contribution in [0.15, 0.2) is 0 Å². The molecule has 5 nitrogen and oxygen atoms in total. The van der Waals surface area contributed by atoms with Gasteiger partial charge in [0.2, 0.25) is 0 Å². The average molecular weight is 180 g/mol. The highest BCUT2D eigenvalue weighted by molar-refractivity contribution is 5.94. The van der Waals surface area contributed by atoms with Crippen molar-refractivity contribution in [3.63, 3.8) is 0 Å². The van der Waals surface area contributed by atoms with Crippen LogP contribution < -0.4 is 10.6 Å². The van der Waals surface area contributed by atoms with E-state index in [9.17, 15) is 4.79 Å². The van der Waals surface area contributed by atoms with E-state index in [0.29, 0.717) is 12.2 Å². The second-order valence-electron chi connectivity index (χ2n) is 2.99. The van der Waals surface area contributed by atoms with Gasteiger partial charge in [-0.05, 0) is 6.92 Å². The van der Waals surface area contributed by atoms with Crippen LogP contribution in [0.4, 0.5) is 0 Å². The molecule has 0 bridgehead atoms. The minimum absolute atomic E-state index is 0.0938. The summed E-state index contributed by atoms with van der Waals surface area (Å²) in [5.74, 6) is -0.0938. The molecule has 0 fully saturated rings. The summed E-state index contributed by atoms with van der Waals surface area (Å²) in [4.78, 5) is 11.4. The number of carbonyl (C=O) groups is 1. The Morgan fingerprint density at radius 1 is 1.62 bits per heavy atom. The summed E-state index contributed by atoms with van der Waals surface area (Å²) < 4.78 is 0. The van der Waals surface area contributed by atoms with E-state index in [0.717, 1.165) is 24.3 Å². The van der Waals surface area contributed by atoms with E-state index in [4.69, 9.17) is 0 Å². The topological polar surface area (TPSA) is 69.8 Å². The maximum atomic E-state index is 11.4. The molecule has 0 atom stereocenters. The van der Waals surface area contributed by atoms with Gasteiger partial charge >= 0.3 is 0 Å². The van der Waals surface area contributed by atoms with Gasteiger partial charge in [-0.1, -0.05) is 0 Å². The monoisotopic (exact) mass is 180 g/mol. The summed E-state index contributed by atoms with van der Waals surface area (Å²) in [5.41, 5.74) is 2.56. The number of hydrogen-bond donors (Lipinski definition) is 3. The minimum Gasteiger partial charge on any atom is -0.351 e. The maximum absolute atomic E-state index is 11.4. The smallest absolute Gasteiger partial charge is 0.272 e. The van der Waals surface area contributed by atoms with Crippen molar-refractivity contribution in [3.05, 3.63) is 17.0 Å². The summed E-state index contributed by atoms with van der Waals surface area (Å²) in [7, 11) is 0. The number of carbonyl (C=O) groups excluding carboxylic acids is 1. The zero-order valence-corrected chi connectivity index (χ0v) is 7.48. The Hall–Kier alpha value is -1.36. The largest absolute Gasteiger partial charge is 0.351 e. The van der Waals surface area contributed by atoms with Crippen LogP contribution in [0.1, 0.15) is 28.7 Å². The molecule has 1 amide bonds. The third-order valence-corrected chi connectivity index (χ3v) is 2.11. The SMILES string of the molecule is CCNC(=O)c1n[nH]c2c1CNC2. The third-order valence-electron chi connectivity index (χ3n) is 2.11. The lowest BCUT2D eigenvalue weighted by Gasteiger charge is -1.99. The molecule has 2 rings (SSSR count). The first-order valence-corrected chi connectivity index (χ1v) is 4.38. The number of aromatic nitrogens is 2. The molecule has 0 radical (unpaired) electrons. The average Bonchev–Trinajstić information content (AvgIpc) is 2.62. The van der Waals surface area contributed by atoms with Gasteiger partial charge < -0.3 is 10.6 Å². The third kappa shape index (κ3) is 1.31. The Morgan fingerprint density at radius 3 is 3.23 bits per heavy atom. The first-order valence-electron chi connectivity index (χ1n) is 4.38. The van der Waals surface area contributed by atoms with Gasteiger partial charge in [0, 0.05) is 25.2 Å². The Morgan fingerprint density at radius 2 is 2.46 bits per heavy atom. The van der Waals surface area contributed by atoms with Gasteiger partial charge in [-0.15, -0.1) is 0 Å². The molecule has 2 heterocycles. The van der Waals surface area contributed by atoms with Gasteiger partial charge in [-0.2, -0.15) is 5.10 Å². The fourth-order valence-corrected chi connectivity index (χ4v) is 1.48. The standard InChI is InChI=1S/C8H12N4O/c1-2-10-8(13)7-5-3-9-4-6(5)11-12-7/h9H,2-4H2,1H3,(H,10,13)(H,11,12). The van der Waals surface area contributed by atoms with Crippen LogP contribution in [0.5, 0.6) is 0 Å². The zero-order valence-electron chi connectivity index (χ0n) is 7.48. The summed E-state index contributed by atoms with van der Waals surface area (Å²) in [5, 5.41) is 12.7. The van der Waals surface area contributed by atoms with Gasteiger partial charge in [-0.25, -0.2) is 0 Å². The van der Waals surface area contributed by atoms with Gasteiger partial charge in [0.1, 0.15) is 0 Å². The number of rotatable bonds is 2. The van der Waals surface area contributed by atoms with Crippen LogP contribution in [-0.4, -0.2) is 22.6 Å². The van der Waals surface area contributed by atoms with Crippen molar-refractivity contribution in [2.24, 2.45) is 0 Å². The molecule has 0 spiro atoms.